The third-order valence-electron chi connectivity index (χ3n) is 3.67. The molecule has 1 heterocycles. The van der Waals surface area contributed by atoms with Gasteiger partial charge < -0.3 is 4.90 Å². The molecule has 1 aromatic carbocycles. The molecule has 0 aromatic heterocycles. The summed E-state index contributed by atoms with van der Waals surface area (Å²) in [7, 11) is 0. The summed E-state index contributed by atoms with van der Waals surface area (Å²) in [5.74, 6) is 0.932. The molecule has 2 rings (SSSR count). The number of hydrogen-bond donors (Lipinski definition) is 0. The molecular weight excluding hydrogens is 194 g/mol. The zero-order chi connectivity index (χ0) is 11.2. The van der Waals surface area contributed by atoms with Gasteiger partial charge in [0.2, 0.25) is 0 Å². The van der Waals surface area contributed by atoms with E-state index >= 15 is 0 Å². The normalized spacial score (nSPS) is 22.9. The highest BCUT2D eigenvalue weighted by molar-refractivity contribution is 5.14. The van der Waals surface area contributed by atoms with Crippen molar-refractivity contribution in [3.63, 3.8) is 0 Å². The third-order valence-corrected chi connectivity index (χ3v) is 3.67. The van der Waals surface area contributed by atoms with Gasteiger partial charge in [0, 0.05) is 6.54 Å². The lowest BCUT2D eigenvalue weighted by atomic mass is 10.0. The van der Waals surface area contributed by atoms with E-state index < -0.39 is 0 Å². The van der Waals surface area contributed by atoms with Gasteiger partial charge in [-0.25, -0.2) is 0 Å². The molecule has 1 atom stereocenters. The molecule has 88 valence electrons. The van der Waals surface area contributed by atoms with Gasteiger partial charge in [-0.05, 0) is 50.3 Å². The predicted molar refractivity (Wildman–Crippen MR) is 69.6 cm³/mol. The Morgan fingerprint density at radius 1 is 1.12 bits per heavy atom. The topological polar surface area (TPSA) is 3.24 Å². The third kappa shape index (κ3) is 3.64. The molecule has 1 nitrogen and oxygen atoms in total. The minimum Gasteiger partial charge on any atom is -0.303 e. The number of hydrogen-bond acceptors (Lipinski definition) is 1. The van der Waals surface area contributed by atoms with Crippen LogP contribution in [0.3, 0.4) is 0 Å². The van der Waals surface area contributed by atoms with Crippen LogP contribution in [0.2, 0.25) is 0 Å². The van der Waals surface area contributed by atoms with Crippen LogP contribution in [0.5, 0.6) is 0 Å². The first-order valence-corrected chi connectivity index (χ1v) is 6.61. The molecule has 0 amide bonds. The van der Waals surface area contributed by atoms with E-state index in [1.54, 1.807) is 0 Å². The van der Waals surface area contributed by atoms with Crippen LogP contribution in [-0.2, 0) is 6.42 Å². The molecule has 0 spiro atoms. The van der Waals surface area contributed by atoms with Crippen molar-refractivity contribution in [2.45, 2.75) is 32.6 Å². The van der Waals surface area contributed by atoms with Gasteiger partial charge in [0.15, 0.2) is 0 Å². The fourth-order valence-corrected chi connectivity index (χ4v) is 2.48. The Morgan fingerprint density at radius 3 is 2.75 bits per heavy atom. The quantitative estimate of drug-likeness (QED) is 0.750. The number of nitrogens with zero attached hydrogens (tertiary/aromatic N) is 1. The molecule has 1 aromatic rings. The molecule has 1 aliphatic rings. The van der Waals surface area contributed by atoms with Crippen LogP contribution in [0, 0.1) is 5.92 Å². The van der Waals surface area contributed by atoms with E-state index in [9.17, 15) is 0 Å². The van der Waals surface area contributed by atoms with Crippen LogP contribution >= 0.6 is 0 Å². The Morgan fingerprint density at radius 2 is 1.94 bits per heavy atom. The van der Waals surface area contributed by atoms with Crippen LogP contribution in [0.1, 0.15) is 31.7 Å². The van der Waals surface area contributed by atoms with Crippen molar-refractivity contribution in [3.8, 4) is 0 Å². The molecule has 0 radical (unpaired) electrons. The van der Waals surface area contributed by atoms with Gasteiger partial charge in [-0.3, -0.25) is 0 Å². The minimum absolute atomic E-state index is 0.932. The first kappa shape index (κ1) is 11.7. The predicted octanol–water partition coefficient (Wildman–Crippen LogP) is 3.35. The average molecular weight is 217 g/mol. The summed E-state index contributed by atoms with van der Waals surface area (Å²) in [6.45, 7) is 6.22. The molecule has 1 saturated heterocycles. The molecule has 0 unspecified atom stereocenters. The average Bonchev–Trinajstić information content (AvgIpc) is 2.53. The summed E-state index contributed by atoms with van der Waals surface area (Å²) in [6, 6.07) is 10.8. The van der Waals surface area contributed by atoms with E-state index in [2.05, 4.69) is 42.2 Å². The van der Waals surface area contributed by atoms with Crippen LogP contribution < -0.4 is 0 Å². The Hall–Kier alpha value is -0.820. The van der Waals surface area contributed by atoms with Crippen molar-refractivity contribution >= 4 is 0 Å². The summed E-state index contributed by atoms with van der Waals surface area (Å²) in [4.78, 5) is 2.64. The molecule has 0 bridgehead atoms. The lowest BCUT2D eigenvalue weighted by Gasteiger charge is -2.19. The monoisotopic (exact) mass is 217 g/mol. The van der Waals surface area contributed by atoms with Crippen molar-refractivity contribution < 1.29 is 0 Å². The zero-order valence-electron chi connectivity index (χ0n) is 10.4. The van der Waals surface area contributed by atoms with Gasteiger partial charge in [-0.15, -0.1) is 0 Å². The van der Waals surface area contributed by atoms with Crippen molar-refractivity contribution in [2.24, 2.45) is 5.92 Å². The van der Waals surface area contributed by atoms with Crippen LogP contribution in [0.15, 0.2) is 30.3 Å². The summed E-state index contributed by atoms with van der Waals surface area (Å²) in [6.07, 6.45) is 5.39. The van der Waals surface area contributed by atoms with Gasteiger partial charge in [0.1, 0.15) is 0 Å². The number of likely N-dealkylation sites (tertiary alicyclic amines) is 1. The van der Waals surface area contributed by atoms with Crippen LogP contribution in [-0.4, -0.2) is 24.5 Å². The van der Waals surface area contributed by atoms with Gasteiger partial charge >= 0.3 is 0 Å². The van der Waals surface area contributed by atoms with Gasteiger partial charge in [-0.1, -0.05) is 37.3 Å². The first-order chi connectivity index (χ1) is 7.84. The van der Waals surface area contributed by atoms with E-state index in [0.717, 1.165) is 5.92 Å². The second kappa shape index (κ2) is 6.05. The molecule has 0 aliphatic carbocycles. The smallest absolute Gasteiger partial charge is 0.00218 e. The van der Waals surface area contributed by atoms with Crippen molar-refractivity contribution in [3.05, 3.63) is 35.9 Å². The maximum Gasteiger partial charge on any atom is 0.00218 e. The van der Waals surface area contributed by atoms with Crippen molar-refractivity contribution in [1.82, 2.24) is 4.90 Å². The Kier molecular flexibility index (Phi) is 4.41. The van der Waals surface area contributed by atoms with E-state index in [-0.39, 0.29) is 0 Å². The molecule has 0 saturated carbocycles. The van der Waals surface area contributed by atoms with Crippen molar-refractivity contribution in [1.29, 1.82) is 0 Å². The Balaban J connectivity index is 1.77. The summed E-state index contributed by atoms with van der Waals surface area (Å²) in [5.41, 5.74) is 1.47. The summed E-state index contributed by atoms with van der Waals surface area (Å²) >= 11 is 0. The summed E-state index contributed by atoms with van der Waals surface area (Å²) < 4.78 is 0. The highest BCUT2D eigenvalue weighted by Gasteiger charge is 2.12. The molecule has 1 aliphatic heterocycles. The molecule has 1 heteroatoms. The highest BCUT2D eigenvalue weighted by Crippen LogP contribution is 2.16. The van der Waals surface area contributed by atoms with Crippen LogP contribution in [0.4, 0.5) is 0 Å². The second-order valence-corrected chi connectivity index (χ2v) is 5.11. The SMILES string of the molecule is C[C@H]1CCCN(CCc2ccccc2)CC1. The van der Waals surface area contributed by atoms with E-state index in [0.29, 0.717) is 0 Å². The van der Waals surface area contributed by atoms with E-state index in [1.807, 2.05) is 0 Å². The largest absolute Gasteiger partial charge is 0.303 e. The lowest BCUT2D eigenvalue weighted by molar-refractivity contribution is 0.285. The van der Waals surface area contributed by atoms with Crippen LogP contribution in [0.25, 0.3) is 0 Å². The standard InChI is InChI=1S/C15H23N/c1-14-6-5-11-16(12-9-14)13-10-15-7-3-2-4-8-15/h2-4,7-8,14H,5-6,9-13H2,1H3/t14-/m0/s1. The fraction of sp³-hybridized carbons (Fsp3) is 0.600. The molecular formula is C15H23N. The van der Waals surface area contributed by atoms with Crippen molar-refractivity contribution in [2.75, 3.05) is 19.6 Å². The molecule has 0 N–H and O–H groups in total. The first-order valence-electron chi connectivity index (χ1n) is 6.61. The maximum atomic E-state index is 2.64. The molecule has 1 fully saturated rings. The van der Waals surface area contributed by atoms with E-state index in [1.165, 1.54) is 50.9 Å². The summed E-state index contributed by atoms with van der Waals surface area (Å²) in [5, 5.41) is 0. The highest BCUT2D eigenvalue weighted by atomic mass is 15.1. The minimum atomic E-state index is 0.932. The lowest BCUT2D eigenvalue weighted by Crippen LogP contribution is -2.27. The van der Waals surface area contributed by atoms with Gasteiger partial charge in [0.25, 0.3) is 0 Å². The molecule has 16 heavy (non-hydrogen) atoms. The number of benzene rings is 1. The second-order valence-electron chi connectivity index (χ2n) is 5.11. The van der Waals surface area contributed by atoms with Gasteiger partial charge in [-0.2, -0.15) is 0 Å². The Labute approximate surface area is 99.5 Å². The van der Waals surface area contributed by atoms with E-state index in [4.69, 9.17) is 0 Å². The van der Waals surface area contributed by atoms with Gasteiger partial charge in [0.05, 0.1) is 0 Å². The Bertz CT molecular complexity index is 294. The maximum absolute atomic E-state index is 2.64. The fourth-order valence-electron chi connectivity index (χ4n) is 2.48. The number of rotatable bonds is 3. The zero-order valence-corrected chi connectivity index (χ0v) is 10.4.